The summed E-state index contributed by atoms with van der Waals surface area (Å²) in [7, 11) is 0. The van der Waals surface area contributed by atoms with Gasteiger partial charge in [0, 0.05) is 13.1 Å². The first-order chi connectivity index (χ1) is 9.35. The number of fused-ring (bicyclic) bond motifs is 1. The number of aliphatic hydroxyl groups excluding tert-OH is 1. The summed E-state index contributed by atoms with van der Waals surface area (Å²) in [6.45, 7) is 4.38. The van der Waals surface area contributed by atoms with E-state index in [1.807, 2.05) is 24.3 Å². The lowest BCUT2D eigenvalue weighted by Gasteiger charge is -2.20. The molecular weight excluding hydrogens is 260 g/mol. The molecule has 0 spiro atoms. The van der Waals surface area contributed by atoms with Gasteiger partial charge in [0.1, 0.15) is 6.73 Å². The Hall–Kier alpha value is -1.17. The Bertz CT molecular complexity index is 501. The zero-order valence-electron chi connectivity index (χ0n) is 11.2. The van der Waals surface area contributed by atoms with Gasteiger partial charge in [-0.05, 0) is 30.1 Å². The molecule has 0 saturated carbocycles. The first-order valence-corrected chi connectivity index (χ1v) is 7.43. The van der Waals surface area contributed by atoms with Crippen LogP contribution in [0.4, 0.5) is 0 Å². The van der Waals surface area contributed by atoms with E-state index >= 15 is 0 Å². The van der Waals surface area contributed by atoms with Gasteiger partial charge < -0.3 is 9.84 Å². The van der Waals surface area contributed by atoms with Crippen molar-refractivity contribution in [3.05, 3.63) is 24.3 Å². The number of rotatable bonds is 8. The van der Waals surface area contributed by atoms with Crippen molar-refractivity contribution in [1.29, 1.82) is 0 Å². The molecule has 1 aromatic carbocycles. The van der Waals surface area contributed by atoms with Gasteiger partial charge in [-0.2, -0.15) is 4.37 Å². The predicted octanol–water partition coefficient (Wildman–Crippen LogP) is 2.73. The van der Waals surface area contributed by atoms with Crippen molar-refractivity contribution in [2.24, 2.45) is 0 Å². The van der Waals surface area contributed by atoms with Crippen LogP contribution in [0.2, 0.25) is 0 Å². The van der Waals surface area contributed by atoms with Crippen molar-refractivity contribution in [1.82, 2.24) is 9.27 Å². The number of aromatic nitrogens is 1. The second-order valence-electron chi connectivity index (χ2n) is 4.45. The standard InChI is InChI=1S/C14H20N2O2S/c1-2-3-8-16(9-10-17)11-18-14-12-6-4-5-7-13(12)19-15-14/h4-7,17H,2-3,8-11H2,1H3. The Labute approximate surface area is 117 Å². The normalized spacial score (nSPS) is 11.3. The Balaban J connectivity index is 1.96. The average Bonchev–Trinajstić information content (AvgIpc) is 2.85. The van der Waals surface area contributed by atoms with E-state index in [9.17, 15) is 0 Å². The van der Waals surface area contributed by atoms with Gasteiger partial charge in [0.15, 0.2) is 0 Å². The van der Waals surface area contributed by atoms with Crippen LogP contribution in [0.3, 0.4) is 0 Å². The van der Waals surface area contributed by atoms with Crippen molar-refractivity contribution in [2.45, 2.75) is 19.8 Å². The van der Waals surface area contributed by atoms with E-state index in [0.29, 0.717) is 19.2 Å². The lowest BCUT2D eigenvalue weighted by molar-refractivity contribution is 0.100. The fraction of sp³-hybridized carbons (Fsp3) is 0.500. The molecule has 0 aliphatic rings. The molecule has 1 N–H and O–H groups in total. The molecule has 1 heterocycles. The number of aliphatic hydroxyl groups is 1. The third-order valence-electron chi connectivity index (χ3n) is 2.97. The highest BCUT2D eigenvalue weighted by atomic mass is 32.1. The molecule has 0 amide bonds. The number of unbranched alkanes of at least 4 members (excludes halogenated alkanes) is 1. The Morgan fingerprint density at radius 1 is 1.32 bits per heavy atom. The quantitative estimate of drug-likeness (QED) is 0.755. The molecule has 104 valence electrons. The molecule has 5 heteroatoms. The summed E-state index contributed by atoms with van der Waals surface area (Å²) in [4.78, 5) is 2.11. The van der Waals surface area contributed by atoms with E-state index in [2.05, 4.69) is 16.2 Å². The van der Waals surface area contributed by atoms with E-state index in [-0.39, 0.29) is 6.61 Å². The van der Waals surface area contributed by atoms with Gasteiger partial charge in [-0.15, -0.1) is 0 Å². The molecule has 0 fully saturated rings. The summed E-state index contributed by atoms with van der Waals surface area (Å²) < 4.78 is 11.3. The highest BCUT2D eigenvalue weighted by molar-refractivity contribution is 7.13. The third kappa shape index (κ3) is 3.89. The molecule has 2 rings (SSSR count). The van der Waals surface area contributed by atoms with E-state index in [1.165, 1.54) is 11.5 Å². The zero-order chi connectivity index (χ0) is 13.5. The maximum absolute atomic E-state index is 9.05. The summed E-state index contributed by atoms with van der Waals surface area (Å²) in [6, 6.07) is 8.06. The van der Waals surface area contributed by atoms with Crippen molar-refractivity contribution < 1.29 is 9.84 Å². The first kappa shape index (κ1) is 14.2. The Morgan fingerprint density at radius 2 is 2.16 bits per heavy atom. The van der Waals surface area contributed by atoms with Gasteiger partial charge in [-0.1, -0.05) is 25.5 Å². The van der Waals surface area contributed by atoms with Gasteiger partial charge in [0.25, 0.3) is 0 Å². The van der Waals surface area contributed by atoms with E-state index in [0.717, 1.165) is 29.5 Å². The van der Waals surface area contributed by atoms with Gasteiger partial charge in [-0.25, -0.2) is 0 Å². The second-order valence-corrected chi connectivity index (χ2v) is 5.26. The molecule has 19 heavy (non-hydrogen) atoms. The number of hydrogen-bond donors (Lipinski definition) is 1. The summed E-state index contributed by atoms with van der Waals surface area (Å²) >= 11 is 1.45. The van der Waals surface area contributed by atoms with Gasteiger partial charge in [0.05, 0.1) is 16.7 Å². The minimum absolute atomic E-state index is 0.158. The molecule has 0 aliphatic carbocycles. The fourth-order valence-electron chi connectivity index (χ4n) is 1.88. The number of benzene rings is 1. The topological polar surface area (TPSA) is 45.6 Å². The third-order valence-corrected chi connectivity index (χ3v) is 3.78. The monoisotopic (exact) mass is 280 g/mol. The molecule has 0 unspecified atom stereocenters. The van der Waals surface area contributed by atoms with Crippen molar-refractivity contribution in [3.8, 4) is 5.88 Å². The maximum atomic E-state index is 9.05. The minimum Gasteiger partial charge on any atom is -0.460 e. The van der Waals surface area contributed by atoms with Crippen LogP contribution in [0.15, 0.2) is 24.3 Å². The second kappa shape index (κ2) is 7.43. The largest absolute Gasteiger partial charge is 0.460 e. The van der Waals surface area contributed by atoms with E-state index in [1.54, 1.807) is 0 Å². The molecule has 1 aromatic heterocycles. The van der Waals surface area contributed by atoms with Crippen molar-refractivity contribution in [2.75, 3.05) is 26.4 Å². The van der Waals surface area contributed by atoms with Crippen LogP contribution in [0, 0.1) is 0 Å². The fourth-order valence-corrected chi connectivity index (χ4v) is 2.61. The summed E-state index contributed by atoms with van der Waals surface area (Å²) in [5.74, 6) is 0.694. The van der Waals surface area contributed by atoms with Crippen LogP contribution in [-0.2, 0) is 0 Å². The number of nitrogens with zero attached hydrogens (tertiary/aromatic N) is 2. The van der Waals surface area contributed by atoms with Crippen LogP contribution in [0.25, 0.3) is 10.1 Å². The van der Waals surface area contributed by atoms with Crippen LogP contribution >= 0.6 is 11.5 Å². The van der Waals surface area contributed by atoms with Crippen LogP contribution in [0.5, 0.6) is 5.88 Å². The molecule has 0 atom stereocenters. The lowest BCUT2D eigenvalue weighted by Crippen LogP contribution is -2.32. The Morgan fingerprint density at radius 3 is 2.95 bits per heavy atom. The van der Waals surface area contributed by atoms with Crippen LogP contribution in [0.1, 0.15) is 19.8 Å². The summed E-state index contributed by atoms with van der Waals surface area (Å²) in [5, 5.41) is 10.1. The molecule has 4 nitrogen and oxygen atoms in total. The van der Waals surface area contributed by atoms with E-state index < -0.39 is 0 Å². The van der Waals surface area contributed by atoms with Crippen molar-refractivity contribution >= 4 is 21.6 Å². The molecule has 0 radical (unpaired) electrons. The highest BCUT2D eigenvalue weighted by Crippen LogP contribution is 2.28. The van der Waals surface area contributed by atoms with E-state index in [4.69, 9.17) is 9.84 Å². The van der Waals surface area contributed by atoms with Gasteiger partial charge in [-0.3, -0.25) is 4.90 Å². The van der Waals surface area contributed by atoms with Gasteiger partial charge >= 0.3 is 0 Å². The molecule has 2 aromatic rings. The molecule has 0 aliphatic heterocycles. The van der Waals surface area contributed by atoms with Gasteiger partial charge in [0.2, 0.25) is 5.88 Å². The SMILES string of the molecule is CCCCN(CCO)COc1nsc2ccccc12. The molecule has 0 saturated heterocycles. The predicted molar refractivity (Wildman–Crippen MR) is 78.7 cm³/mol. The Kier molecular flexibility index (Phi) is 5.57. The zero-order valence-corrected chi connectivity index (χ0v) is 12.0. The smallest absolute Gasteiger partial charge is 0.234 e. The molecule has 0 bridgehead atoms. The average molecular weight is 280 g/mol. The van der Waals surface area contributed by atoms with Crippen LogP contribution in [-0.4, -0.2) is 40.8 Å². The number of hydrogen-bond acceptors (Lipinski definition) is 5. The van der Waals surface area contributed by atoms with Crippen LogP contribution < -0.4 is 4.74 Å². The summed E-state index contributed by atoms with van der Waals surface area (Å²) in [5.41, 5.74) is 0. The lowest BCUT2D eigenvalue weighted by atomic mass is 10.3. The highest BCUT2D eigenvalue weighted by Gasteiger charge is 2.09. The minimum atomic E-state index is 0.158. The van der Waals surface area contributed by atoms with Crippen molar-refractivity contribution in [3.63, 3.8) is 0 Å². The maximum Gasteiger partial charge on any atom is 0.234 e. The first-order valence-electron chi connectivity index (χ1n) is 6.65. The summed E-state index contributed by atoms with van der Waals surface area (Å²) in [6.07, 6.45) is 2.25. The molecular formula is C14H20N2O2S. The number of ether oxygens (including phenoxy) is 1.